The summed E-state index contributed by atoms with van der Waals surface area (Å²) in [5, 5.41) is 10.4. The molecule has 0 radical (unpaired) electrons. The first kappa shape index (κ1) is 25.5. The second-order valence-corrected chi connectivity index (χ2v) is 6.35. The summed E-state index contributed by atoms with van der Waals surface area (Å²) in [5.74, 6) is -1.65. The molecule has 0 saturated carbocycles. The number of hydrogen-bond donors (Lipinski definition) is 3. The Morgan fingerprint density at radius 3 is 2.09 bits per heavy atom. The third kappa shape index (κ3) is 7.42. The minimum absolute atomic E-state index is 0.0384. The highest BCUT2D eigenvalue weighted by molar-refractivity contribution is 5.92. The lowest BCUT2D eigenvalue weighted by Gasteiger charge is -2.15. The SMILES string of the molecule is COc1cc(/C=C/C(=O)NO)ccc1OCC(=O)Nc1cc(C(F)(F)F)cc(C(F)(F)F)c1. The molecule has 0 aliphatic heterocycles. The monoisotopic (exact) mass is 478 g/mol. The van der Waals surface area contributed by atoms with Crippen molar-refractivity contribution in [3.05, 3.63) is 59.2 Å². The van der Waals surface area contributed by atoms with Crippen LogP contribution in [0.5, 0.6) is 11.5 Å². The molecular formula is C20H16F6N2O5. The summed E-state index contributed by atoms with van der Waals surface area (Å²) in [6.07, 6.45) is -7.76. The molecule has 0 unspecified atom stereocenters. The fraction of sp³-hybridized carbons (Fsp3) is 0.200. The molecule has 2 aromatic carbocycles. The van der Waals surface area contributed by atoms with Gasteiger partial charge >= 0.3 is 12.4 Å². The number of nitrogens with one attached hydrogen (secondary N) is 2. The van der Waals surface area contributed by atoms with E-state index in [4.69, 9.17) is 14.7 Å². The van der Waals surface area contributed by atoms with Crippen LogP contribution in [0.15, 0.2) is 42.5 Å². The van der Waals surface area contributed by atoms with Gasteiger partial charge in [0, 0.05) is 11.8 Å². The molecule has 3 N–H and O–H groups in total. The van der Waals surface area contributed by atoms with Gasteiger partial charge in [-0.3, -0.25) is 14.8 Å². The quantitative estimate of drug-likeness (QED) is 0.239. The molecule has 0 spiro atoms. The Morgan fingerprint density at radius 2 is 1.58 bits per heavy atom. The van der Waals surface area contributed by atoms with Crippen LogP contribution in [0.2, 0.25) is 0 Å². The molecule has 33 heavy (non-hydrogen) atoms. The number of hydroxylamine groups is 1. The van der Waals surface area contributed by atoms with Crippen LogP contribution in [-0.4, -0.2) is 30.7 Å². The van der Waals surface area contributed by atoms with Gasteiger partial charge in [0.05, 0.1) is 18.2 Å². The van der Waals surface area contributed by atoms with Crippen molar-refractivity contribution < 1.29 is 50.6 Å². The molecule has 0 fully saturated rings. The van der Waals surface area contributed by atoms with E-state index in [9.17, 15) is 35.9 Å². The molecule has 0 bridgehead atoms. The molecule has 0 aromatic heterocycles. The summed E-state index contributed by atoms with van der Waals surface area (Å²) in [5.41, 5.74) is -2.00. The smallest absolute Gasteiger partial charge is 0.416 e. The van der Waals surface area contributed by atoms with Crippen LogP contribution in [0.4, 0.5) is 32.0 Å². The summed E-state index contributed by atoms with van der Waals surface area (Å²) in [7, 11) is 1.28. The predicted molar refractivity (Wildman–Crippen MR) is 103 cm³/mol. The van der Waals surface area contributed by atoms with Crippen molar-refractivity contribution in [2.24, 2.45) is 0 Å². The summed E-state index contributed by atoms with van der Waals surface area (Å²) < 4.78 is 87.8. The zero-order chi connectivity index (χ0) is 24.8. The molecule has 178 valence electrons. The molecule has 2 rings (SSSR count). The van der Waals surface area contributed by atoms with Gasteiger partial charge in [-0.1, -0.05) is 6.07 Å². The Morgan fingerprint density at radius 1 is 0.970 bits per heavy atom. The van der Waals surface area contributed by atoms with Crippen molar-refractivity contribution in [1.29, 1.82) is 0 Å². The lowest BCUT2D eigenvalue weighted by molar-refractivity contribution is -0.143. The minimum atomic E-state index is -5.06. The Labute approximate surface area is 182 Å². The molecule has 2 aromatic rings. The fourth-order valence-electron chi connectivity index (χ4n) is 2.48. The van der Waals surface area contributed by atoms with E-state index < -0.39 is 47.6 Å². The highest BCUT2D eigenvalue weighted by atomic mass is 19.4. The van der Waals surface area contributed by atoms with Crippen LogP contribution in [0.1, 0.15) is 16.7 Å². The normalized spacial score (nSPS) is 11.9. The molecule has 0 aliphatic rings. The van der Waals surface area contributed by atoms with Gasteiger partial charge in [0.15, 0.2) is 18.1 Å². The first-order chi connectivity index (χ1) is 15.3. The summed E-state index contributed by atoms with van der Waals surface area (Å²) in [6, 6.07) is 4.91. The van der Waals surface area contributed by atoms with Crippen molar-refractivity contribution in [2.75, 3.05) is 19.0 Å². The predicted octanol–water partition coefficient (Wildman–Crippen LogP) is 4.27. The number of halogens is 6. The first-order valence-electron chi connectivity index (χ1n) is 8.86. The van der Waals surface area contributed by atoms with Gasteiger partial charge in [0.2, 0.25) is 0 Å². The van der Waals surface area contributed by atoms with E-state index >= 15 is 0 Å². The van der Waals surface area contributed by atoms with Crippen molar-refractivity contribution in [1.82, 2.24) is 5.48 Å². The molecule has 0 heterocycles. The van der Waals surface area contributed by atoms with Crippen molar-refractivity contribution >= 4 is 23.6 Å². The Balaban J connectivity index is 2.14. The van der Waals surface area contributed by atoms with E-state index in [0.717, 1.165) is 6.08 Å². The summed E-state index contributed by atoms with van der Waals surface area (Å²) in [4.78, 5) is 23.1. The second kappa shape index (κ2) is 10.3. The van der Waals surface area contributed by atoms with E-state index in [1.165, 1.54) is 36.9 Å². The number of carbonyl (C=O) groups excluding carboxylic acids is 2. The third-order valence-electron chi connectivity index (χ3n) is 3.96. The largest absolute Gasteiger partial charge is 0.493 e. The second-order valence-electron chi connectivity index (χ2n) is 6.35. The van der Waals surface area contributed by atoms with Crippen molar-refractivity contribution in [2.45, 2.75) is 12.4 Å². The number of amides is 2. The highest BCUT2D eigenvalue weighted by Crippen LogP contribution is 2.37. The van der Waals surface area contributed by atoms with E-state index in [2.05, 4.69) is 0 Å². The van der Waals surface area contributed by atoms with Crippen LogP contribution >= 0.6 is 0 Å². The van der Waals surface area contributed by atoms with Gasteiger partial charge < -0.3 is 14.8 Å². The maximum Gasteiger partial charge on any atom is 0.416 e. The zero-order valence-electron chi connectivity index (χ0n) is 16.7. The fourth-order valence-corrected chi connectivity index (χ4v) is 2.48. The zero-order valence-corrected chi connectivity index (χ0v) is 16.7. The van der Waals surface area contributed by atoms with Gasteiger partial charge in [0.25, 0.3) is 11.8 Å². The van der Waals surface area contributed by atoms with Crippen LogP contribution in [0, 0.1) is 0 Å². The van der Waals surface area contributed by atoms with Gasteiger partial charge in [-0.25, -0.2) is 5.48 Å². The van der Waals surface area contributed by atoms with Gasteiger partial charge in [0.1, 0.15) is 0 Å². The molecule has 0 aliphatic carbocycles. The molecule has 13 heteroatoms. The average molecular weight is 478 g/mol. The number of alkyl halides is 6. The Hall–Kier alpha value is -3.74. The van der Waals surface area contributed by atoms with E-state index in [1.807, 2.05) is 5.32 Å². The highest BCUT2D eigenvalue weighted by Gasteiger charge is 2.37. The maximum atomic E-state index is 12.9. The van der Waals surface area contributed by atoms with Crippen LogP contribution in [-0.2, 0) is 21.9 Å². The summed E-state index contributed by atoms with van der Waals surface area (Å²) in [6.45, 7) is -0.754. The van der Waals surface area contributed by atoms with Gasteiger partial charge in [-0.15, -0.1) is 0 Å². The molecule has 7 nitrogen and oxygen atoms in total. The molecular weight excluding hydrogens is 462 g/mol. The number of hydrogen-bond acceptors (Lipinski definition) is 5. The number of carbonyl (C=O) groups is 2. The lowest BCUT2D eigenvalue weighted by Crippen LogP contribution is -2.21. The Kier molecular flexibility index (Phi) is 7.93. The number of anilines is 1. The number of benzene rings is 2. The minimum Gasteiger partial charge on any atom is -0.493 e. The van der Waals surface area contributed by atoms with Crippen LogP contribution < -0.4 is 20.3 Å². The van der Waals surface area contributed by atoms with E-state index in [-0.39, 0.29) is 17.6 Å². The summed E-state index contributed by atoms with van der Waals surface area (Å²) >= 11 is 0. The number of ether oxygens (including phenoxy) is 2. The topological polar surface area (TPSA) is 96.9 Å². The van der Waals surface area contributed by atoms with Gasteiger partial charge in [-0.05, 0) is 42.0 Å². The van der Waals surface area contributed by atoms with Gasteiger partial charge in [-0.2, -0.15) is 26.3 Å². The molecule has 0 saturated heterocycles. The first-order valence-corrected chi connectivity index (χ1v) is 8.86. The Bertz CT molecular complexity index is 1020. The standard InChI is InChI=1S/C20H16F6N2O5/c1-32-16-6-11(3-5-17(29)28-31)2-4-15(16)33-10-18(30)27-14-8-12(19(21,22)23)7-13(9-14)20(24,25)26/h2-9,31H,10H2,1H3,(H,27,30)(H,28,29)/b5-3+. The van der Waals surface area contributed by atoms with Crippen molar-refractivity contribution in [3.63, 3.8) is 0 Å². The van der Waals surface area contributed by atoms with Crippen LogP contribution in [0.3, 0.4) is 0 Å². The van der Waals surface area contributed by atoms with E-state index in [1.54, 1.807) is 0 Å². The van der Waals surface area contributed by atoms with E-state index in [0.29, 0.717) is 17.7 Å². The average Bonchev–Trinajstić information content (AvgIpc) is 2.74. The van der Waals surface area contributed by atoms with Crippen molar-refractivity contribution in [3.8, 4) is 11.5 Å². The maximum absolute atomic E-state index is 12.9. The molecule has 0 atom stereocenters. The van der Waals surface area contributed by atoms with Crippen LogP contribution in [0.25, 0.3) is 6.08 Å². The number of rotatable bonds is 7. The molecule has 2 amide bonds. The lowest BCUT2D eigenvalue weighted by atomic mass is 10.1. The third-order valence-corrected chi connectivity index (χ3v) is 3.96. The number of methoxy groups -OCH3 is 1.